The van der Waals surface area contributed by atoms with Gasteiger partial charge in [-0.05, 0) is 12.8 Å². The van der Waals surface area contributed by atoms with Crippen LogP contribution in [-0.2, 0) is 19.6 Å². The van der Waals surface area contributed by atoms with Crippen molar-refractivity contribution in [2.24, 2.45) is 5.92 Å². The molecule has 0 unspecified atom stereocenters. The molecule has 2 atom stereocenters. The molecule has 0 fully saturated rings. The number of carboxylic acids is 1. The second-order valence-corrected chi connectivity index (χ2v) is 5.71. The Bertz CT molecular complexity index is 328. The summed E-state index contributed by atoms with van der Waals surface area (Å²) in [5.41, 5.74) is 0. The molecule has 0 saturated carbocycles. The van der Waals surface area contributed by atoms with E-state index >= 15 is 0 Å². The molecule has 0 bridgehead atoms. The molecule has 6 nitrogen and oxygen atoms in total. The van der Waals surface area contributed by atoms with E-state index in [0.29, 0.717) is 13.0 Å². The van der Waals surface area contributed by atoms with Gasteiger partial charge in [0, 0.05) is 6.61 Å². The lowest BCUT2D eigenvalue weighted by molar-refractivity contribution is -0.140. The SMILES string of the molecule is CCOCCS(=O)(=O)N[C@H](C(=O)O)[C@@H](C)CC. The van der Waals surface area contributed by atoms with Crippen molar-refractivity contribution >= 4 is 16.0 Å². The molecule has 0 aromatic heterocycles. The number of nitrogens with one attached hydrogen (secondary N) is 1. The summed E-state index contributed by atoms with van der Waals surface area (Å²) < 4.78 is 30.3. The van der Waals surface area contributed by atoms with Gasteiger partial charge in [0.25, 0.3) is 0 Å². The lowest BCUT2D eigenvalue weighted by Gasteiger charge is -2.19. The predicted molar refractivity (Wildman–Crippen MR) is 64.3 cm³/mol. The first-order valence-electron chi connectivity index (χ1n) is 5.64. The monoisotopic (exact) mass is 267 g/mol. The van der Waals surface area contributed by atoms with Gasteiger partial charge in [-0.25, -0.2) is 13.1 Å². The minimum Gasteiger partial charge on any atom is -0.480 e. The van der Waals surface area contributed by atoms with Crippen LogP contribution in [0.5, 0.6) is 0 Å². The number of sulfonamides is 1. The van der Waals surface area contributed by atoms with Crippen molar-refractivity contribution in [3.05, 3.63) is 0 Å². The maximum absolute atomic E-state index is 11.6. The second kappa shape index (κ2) is 7.62. The van der Waals surface area contributed by atoms with Gasteiger partial charge in [-0.3, -0.25) is 4.79 Å². The largest absolute Gasteiger partial charge is 0.480 e. The van der Waals surface area contributed by atoms with Gasteiger partial charge in [-0.1, -0.05) is 20.3 Å². The zero-order valence-corrected chi connectivity index (χ0v) is 11.3. The first kappa shape index (κ1) is 16.3. The summed E-state index contributed by atoms with van der Waals surface area (Å²) in [6.07, 6.45) is 0.588. The molecule has 0 radical (unpaired) electrons. The Labute approximate surface area is 102 Å². The fourth-order valence-electron chi connectivity index (χ4n) is 1.21. The summed E-state index contributed by atoms with van der Waals surface area (Å²) >= 11 is 0. The van der Waals surface area contributed by atoms with Gasteiger partial charge in [0.05, 0.1) is 12.4 Å². The minimum absolute atomic E-state index is 0.0681. The highest BCUT2D eigenvalue weighted by Crippen LogP contribution is 2.09. The topological polar surface area (TPSA) is 92.7 Å². The summed E-state index contributed by atoms with van der Waals surface area (Å²) in [5.74, 6) is -1.63. The summed E-state index contributed by atoms with van der Waals surface area (Å²) in [7, 11) is -3.61. The van der Waals surface area contributed by atoms with Gasteiger partial charge < -0.3 is 9.84 Å². The van der Waals surface area contributed by atoms with Crippen LogP contribution in [0.4, 0.5) is 0 Å². The highest BCUT2D eigenvalue weighted by Gasteiger charge is 2.28. The van der Waals surface area contributed by atoms with Crippen molar-refractivity contribution in [2.45, 2.75) is 33.2 Å². The van der Waals surface area contributed by atoms with Crippen LogP contribution in [0.1, 0.15) is 27.2 Å². The molecule has 0 aromatic carbocycles. The first-order valence-corrected chi connectivity index (χ1v) is 7.29. The molecule has 0 aromatic rings. The number of hydrogen-bond donors (Lipinski definition) is 2. The smallest absolute Gasteiger partial charge is 0.322 e. The standard InChI is InChI=1S/C10H21NO5S/c1-4-8(3)9(10(12)13)11-17(14,15)7-6-16-5-2/h8-9,11H,4-7H2,1-3H3,(H,12,13)/t8-,9-/m0/s1. The van der Waals surface area contributed by atoms with E-state index in [1.807, 2.05) is 6.92 Å². The molecule has 0 heterocycles. The van der Waals surface area contributed by atoms with Gasteiger partial charge >= 0.3 is 5.97 Å². The van der Waals surface area contributed by atoms with Gasteiger partial charge in [0.2, 0.25) is 10.0 Å². The number of ether oxygens (including phenoxy) is 1. The molecule has 2 N–H and O–H groups in total. The van der Waals surface area contributed by atoms with Gasteiger partial charge in [-0.2, -0.15) is 0 Å². The highest BCUT2D eigenvalue weighted by molar-refractivity contribution is 7.89. The molecule has 0 amide bonds. The third kappa shape index (κ3) is 6.60. The van der Waals surface area contributed by atoms with E-state index in [0.717, 1.165) is 0 Å². The zero-order valence-electron chi connectivity index (χ0n) is 10.5. The Morgan fingerprint density at radius 1 is 1.41 bits per heavy atom. The fourth-order valence-corrected chi connectivity index (χ4v) is 2.39. The number of carboxylic acid groups (broad SMARTS) is 1. The van der Waals surface area contributed by atoms with Gasteiger partial charge in [0.1, 0.15) is 6.04 Å². The van der Waals surface area contributed by atoms with Crippen molar-refractivity contribution in [3.63, 3.8) is 0 Å². The van der Waals surface area contributed by atoms with Crippen molar-refractivity contribution in [2.75, 3.05) is 19.0 Å². The molecule has 0 rings (SSSR count). The van der Waals surface area contributed by atoms with Crippen LogP contribution < -0.4 is 4.72 Å². The Hall–Kier alpha value is -0.660. The van der Waals surface area contributed by atoms with E-state index < -0.39 is 22.0 Å². The molecule has 0 aliphatic carbocycles. The average molecular weight is 267 g/mol. The lowest BCUT2D eigenvalue weighted by Crippen LogP contribution is -2.46. The third-order valence-corrected chi connectivity index (χ3v) is 3.80. The quantitative estimate of drug-likeness (QED) is 0.591. The Kier molecular flexibility index (Phi) is 7.33. The van der Waals surface area contributed by atoms with Crippen LogP contribution in [0.15, 0.2) is 0 Å². The molecule has 7 heteroatoms. The zero-order chi connectivity index (χ0) is 13.5. The summed E-state index contributed by atoms with van der Waals surface area (Å²) in [6, 6.07) is -1.08. The maximum Gasteiger partial charge on any atom is 0.322 e. The average Bonchev–Trinajstić information content (AvgIpc) is 2.25. The van der Waals surface area contributed by atoms with Crippen LogP contribution in [0.25, 0.3) is 0 Å². The lowest BCUT2D eigenvalue weighted by atomic mass is 10.0. The highest BCUT2D eigenvalue weighted by atomic mass is 32.2. The minimum atomic E-state index is -3.61. The third-order valence-electron chi connectivity index (χ3n) is 2.49. The van der Waals surface area contributed by atoms with E-state index in [-0.39, 0.29) is 18.3 Å². The van der Waals surface area contributed by atoms with Gasteiger partial charge in [0.15, 0.2) is 0 Å². The number of hydrogen-bond acceptors (Lipinski definition) is 4. The van der Waals surface area contributed by atoms with Crippen LogP contribution in [0.3, 0.4) is 0 Å². The Balaban J connectivity index is 4.48. The van der Waals surface area contributed by atoms with E-state index in [1.54, 1.807) is 13.8 Å². The summed E-state index contributed by atoms with van der Waals surface area (Å²) in [5, 5.41) is 8.95. The number of aliphatic carboxylic acids is 1. The second-order valence-electron chi connectivity index (χ2n) is 3.84. The van der Waals surface area contributed by atoms with Crippen LogP contribution in [-0.4, -0.2) is 44.5 Å². The summed E-state index contributed by atoms with van der Waals surface area (Å²) in [6.45, 7) is 5.78. The van der Waals surface area contributed by atoms with Crippen LogP contribution in [0.2, 0.25) is 0 Å². The molecule has 102 valence electrons. The first-order chi connectivity index (χ1) is 7.84. The number of rotatable bonds is 9. The van der Waals surface area contributed by atoms with E-state index in [1.165, 1.54) is 0 Å². The van der Waals surface area contributed by atoms with Crippen LogP contribution in [0, 0.1) is 5.92 Å². The summed E-state index contributed by atoms with van der Waals surface area (Å²) in [4.78, 5) is 10.9. The Morgan fingerprint density at radius 2 is 2.00 bits per heavy atom. The van der Waals surface area contributed by atoms with Crippen LogP contribution >= 0.6 is 0 Å². The van der Waals surface area contributed by atoms with E-state index in [2.05, 4.69) is 4.72 Å². The molecule has 17 heavy (non-hydrogen) atoms. The van der Waals surface area contributed by atoms with Crippen molar-refractivity contribution in [3.8, 4) is 0 Å². The molecule has 0 aliphatic heterocycles. The normalized spacial score (nSPS) is 15.5. The van der Waals surface area contributed by atoms with E-state index in [9.17, 15) is 13.2 Å². The molecule has 0 spiro atoms. The predicted octanol–water partition coefficient (Wildman–Crippen LogP) is 0.442. The van der Waals surface area contributed by atoms with E-state index in [4.69, 9.17) is 9.84 Å². The fraction of sp³-hybridized carbons (Fsp3) is 0.900. The van der Waals surface area contributed by atoms with Crippen molar-refractivity contribution in [1.29, 1.82) is 0 Å². The molecular weight excluding hydrogens is 246 g/mol. The van der Waals surface area contributed by atoms with Crippen molar-refractivity contribution < 1.29 is 23.1 Å². The maximum atomic E-state index is 11.6. The Morgan fingerprint density at radius 3 is 2.41 bits per heavy atom. The molecular formula is C10H21NO5S. The number of carbonyl (C=O) groups is 1. The van der Waals surface area contributed by atoms with Crippen molar-refractivity contribution in [1.82, 2.24) is 4.72 Å². The van der Waals surface area contributed by atoms with Gasteiger partial charge in [-0.15, -0.1) is 0 Å². The molecule has 0 saturated heterocycles. The molecule has 0 aliphatic rings.